The summed E-state index contributed by atoms with van der Waals surface area (Å²) >= 11 is 1.61. The molecule has 3 aromatic rings. The summed E-state index contributed by atoms with van der Waals surface area (Å²) in [6.07, 6.45) is 5.20. The standard InChI is InChI=1S/C33H44N8O6S/c1-22-27-19-30(44)35-24(7-5-6-12-34-31(45)21-47-26-8-3-2-4-9-26)18-29(43)36-28(17-25-20-41(15-16-42)39-38-25)33(46)40-13-10-23(11-14-40)32(37-27)48-22/h2-4,8-9,20,23-24,28,42H,5-7,10-19,21H2,1H3,(H,34,45)(H,35,44)(H,36,43)/t24-,28+/m0/s1. The zero-order valence-corrected chi connectivity index (χ0v) is 28.0. The van der Waals surface area contributed by atoms with Crippen LogP contribution in [-0.4, -0.2) is 98.5 Å². The number of nitrogens with zero attached hydrogens (tertiary/aromatic N) is 5. The minimum absolute atomic E-state index is 0.0205. The van der Waals surface area contributed by atoms with Gasteiger partial charge in [0.2, 0.25) is 17.7 Å². The van der Waals surface area contributed by atoms with Crippen LogP contribution in [0.15, 0.2) is 36.5 Å². The second kappa shape index (κ2) is 17.2. The van der Waals surface area contributed by atoms with Crippen LogP contribution < -0.4 is 20.7 Å². The first-order valence-corrected chi connectivity index (χ1v) is 17.4. The molecule has 6 rings (SSSR count). The van der Waals surface area contributed by atoms with Crippen LogP contribution in [0.4, 0.5) is 0 Å². The van der Waals surface area contributed by atoms with E-state index in [4.69, 9.17) is 9.72 Å². The Morgan fingerprint density at radius 1 is 1.10 bits per heavy atom. The van der Waals surface area contributed by atoms with E-state index in [0.717, 1.165) is 28.4 Å². The number of unbranched alkanes of at least 4 members (excludes halogenated alkanes) is 1. The molecule has 15 heteroatoms. The number of aryl methyl sites for hydroxylation is 1. The van der Waals surface area contributed by atoms with Crippen molar-refractivity contribution < 1.29 is 29.0 Å². The molecule has 1 saturated heterocycles. The lowest BCUT2D eigenvalue weighted by Gasteiger charge is -2.34. The average Bonchev–Trinajstić information content (AvgIpc) is 3.68. The monoisotopic (exact) mass is 680 g/mol. The van der Waals surface area contributed by atoms with Crippen LogP contribution in [0.5, 0.6) is 5.75 Å². The van der Waals surface area contributed by atoms with Crippen LogP contribution in [0.3, 0.4) is 0 Å². The Kier molecular flexibility index (Phi) is 12.5. The highest BCUT2D eigenvalue weighted by Gasteiger charge is 2.33. The first-order valence-electron chi connectivity index (χ1n) is 16.6. The fraction of sp³-hybridized carbons (Fsp3) is 0.545. The predicted molar refractivity (Wildman–Crippen MR) is 177 cm³/mol. The van der Waals surface area contributed by atoms with Crippen LogP contribution in [0, 0.1) is 6.92 Å². The number of ether oxygens (including phenoxy) is 1. The van der Waals surface area contributed by atoms with E-state index < -0.39 is 12.1 Å². The maximum Gasteiger partial charge on any atom is 0.257 e. The van der Waals surface area contributed by atoms with Crippen molar-refractivity contribution in [3.05, 3.63) is 57.8 Å². The number of carbonyl (C=O) groups excluding carboxylic acids is 4. The summed E-state index contributed by atoms with van der Waals surface area (Å²) in [5.41, 5.74) is 1.27. The van der Waals surface area contributed by atoms with Crippen LogP contribution in [0.25, 0.3) is 0 Å². The fourth-order valence-corrected chi connectivity index (χ4v) is 7.11. The lowest BCUT2D eigenvalue weighted by molar-refractivity contribution is -0.137. The molecule has 4 N–H and O–H groups in total. The zero-order chi connectivity index (χ0) is 33.9. The van der Waals surface area contributed by atoms with E-state index in [0.29, 0.717) is 50.3 Å². The molecular weight excluding hydrogens is 636 g/mol. The molecule has 0 saturated carbocycles. The second-order valence-electron chi connectivity index (χ2n) is 12.3. The van der Waals surface area contributed by atoms with Crippen LogP contribution in [-0.2, 0) is 38.6 Å². The molecule has 2 aromatic heterocycles. The van der Waals surface area contributed by atoms with Crippen molar-refractivity contribution >= 4 is 35.0 Å². The molecule has 3 aliphatic rings. The Bertz CT molecular complexity index is 1540. The predicted octanol–water partition coefficient (Wildman–Crippen LogP) is 1.27. The van der Waals surface area contributed by atoms with Gasteiger partial charge in [-0.05, 0) is 51.2 Å². The van der Waals surface area contributed by atoms with Gasteiger partial charge < -0.3 is 30.7 Å². The first kappa shape index (κ1) is 35.0. The lowest BCUT2D eigenvalue weighted by atomic mass is 9.96. The summed E-state index contributed by atoms with van der Waals surface area (Å²) in [5.74, 6) is -0.171. The van der Waals surface area contributed by atoms with Crippen molar-refractivity contribution in [2.45, 2.75) is 82.8 Å². The van der Waals surface area contributed by atoms with Crippen LogP contribution in [0.2, 0.25) is 0 Å². The Morgan fingerprint density at radius 3 is 2.67 bits per heavy atom. The number of amides is 4. The van der Waals surface area contributed by atoms with Crippen molar-refractivity contribution in [2.75, 3.05) is 32.8 Å². The number of carbonyl (C=O) groups is 4. The number of thiazole rings is 1. The van der Waals surface area contributed by atoms with E-state index in [1.807, 2.05) is 25.1 Å². The Labute approximate surface area is 283 Å². The molecule has 0 radical (unpaired) electrons. The molecular formula is C33H44N8O6S. The van der Waals surface area contributed by atoms with Gasteiger partial charge in [0.15, 0.2) is 6.61 Å². The highest BCUT2D eigenvalue weighted by atomic mass is 32.1. The number of rotatable bonds is 12. The number of fused-ring (bicyclic) bond motifs is 10. The molecule has 48 heavy (non-hydrogen) atoms. The molecule has 3 aliphatic heterocycles. The van der Waals surface area contributed by atoms with E-state index in [-0.39, 0.29) is 68.6 Å². The molecule has 4 amide bonds. The van der Waals surface area contributed by atoms with E-state index in [2.05, 4.69) is 26.3 Å². The number of piperidine rings is 1. The smallest absolute Gasteiger partial charge is 0.257 e. The Hall–Kier alpha value is -4.37. The van der Waals surface area contributed by atoms with Gasteiger partial charge in [-0.25, -0.2) is 9.67 Å². The third-order valence-corrected chi connectivity index (χ3v) is 9.74. The van der Waals surface area contributed by atoms with E-state index in [9.17, 15) is 24.3 Å². The molecule has 1 fully saturated rings. The summed E-state index contributed by atoms with van der Waals surface area (Å²) in [6.45, 7) is 3.57. The third-order valence-electron chi connectivity index (χ3n) is 8.57. The molecule has 4 bridgehead atoms. The normalized spacial score (nSPS) is 20.3. The van der Waals surface area contributed by atoms with E-state index >= 15 is 0 Å². The molecule has 14 nitrogen and oxygen atoms in total. The minimum atomic E-state index is -0.861. The third kappa shape index (κ3) is 10.1. The molecule has 0 spiro atoms. The minimum Gasteiger partial charge on any atom is -0.484 e. The van der Waals surface area contributed by atoms with E-state index in [1.165, 1.54) is 4.68 Å². The highest BCUT2D eigenvalue weighted by Crippen LogP contribution is 2.33. The number of nitrogens with one attached hydrogen (secondary N) is 3. The molecule has 0 aliphatic carbocycles. The number of aliphatic hydroxyl groups excluding tert-OH is 1. The lowest BCUT2D eigenvalue weighted by Crippen LogP contribution is -2.52. The van der Waals surface area contributed by atoms with Crippen molar-refractivity contribution in [1.29, 1.82) is 0 Å². The number of aliphatic hydroxyl groups is 1. The topological polar surface area (TPSA) is 181 Å². The van der Waals surface area contributed by atoms with Gasteiger partial charge in [0, 0.05) is 55.5 Å². The summed E-state index contributed by atoms with van der Waals surface area (Å²) in [5, 5.41) is 27.2. The largest absolute Gasteiger partial charge is 0.484 e. The van der Waals surface area contributed by atoms with Gasteiger partial charge in [0.05, 0.1) is 36.0 Å². The van der Waals surface area contributed by atoms with Gasteiger partial charge in [-0.15, -0.1) is 16.4 Å². The fourth-order valence-electron chi connectivity index (χ4n) is 6.00. The molecule has 258 valence electrons. The van der Waals surface area contributed by atoms with Crippen molar-refractivity contribution in [3.63, 3.8) is 0 Å². The Balaban J connectivity index is 1.23. The highest BCUT2D eigenvalue weighted by molar-refractivity contribution is 7.11. The van der Waals surface area contributed by atoms with Crippen LogP contribution >= 0.6 is 11.3 Å². The van der Waals surface area contributed by atoms with E-state index in [1.54, 1.807) is 34.6 Å². The maximum atomic E-state index is 13.8. The van der Waals surface area contributed by atoms with Gasteiger partial charge in [0.1, 0.15) is 11.8 Å². The van der Waals surface area contributed by atoms with Gasteiger partial charge in [0.25, 0.3) is 5.91 Å². The molecule has 0 unspecified atom stereocenters. The Morgan fingerprint density at radius 2 is 1.90 bits per heavy atom. The van der Waals surface area contributed by atoms with Gasteiger partial charge in [-0.3, -0.25) is 19.2 Å². The van der Waals surface area contributed by atoms with Gasteiger partial charge >= 0.3 is 0 Å². The van der Waals surface area contributed by atoms with Gasteiger partial charge in [-0.2, -0.15) is 0 Å². The van der Waals surface area contributed by atoms with Crippen molar-refractivity contribution in [1.82, 2.24) is 40.8 Å². The number of aromatic nitrogens is 4. The first-order chi connectivity index (χ1) is 23.3. The molecule has 5 heterocycles. The quantitative estimate of drug-likeness (QED) is 0.205. The SMILES string of the molecule is Cc1sc2nc1CC(=O)N[C@@H](CCCCNC(=O)COc1ccccc1)CC(=O)N[C@H](Cc1cn(CCO)nn1)C(=O)N1CCC2CC1. The number of para-hydroxylation sites is 1. The number of benzene rings is 1. The number of hydrogen-bond donors (Lipinski definition) is 4. The van der Waals surface area contributed by atoms with Crippen molar-refractivity contribution in [3.8, 4) is 5.75 Å². The summed E-state index contributed by atoms with van der Waals surface area (Å²) in [7, 11) is 0. The van der Waals surface area contributed by atoms with Gasteiger partial charge in [-0.1, -0.05) is 23.4 Å². The van der Waals surface area contributed by atoms with Crippen molar-refractivity contribution in [2.24, 2.45) is 0 Å². The summed E-state index contributed by atoms with van der Waals surface area (Å²) in [6, 6.07) is 7.76. The second-order valence-corrected chi connectivity index (χ2v) is 13.5. The maximum absolute atomic E-state index is 13.8. The molecule has 2 atom stereocenters. The average molecular weight is 681 g/mol. The number of hydrogen-bond acceptors (Lipinski definition) is 10. The zero-order valence-electron chi connectivity index (χ0n) is 27.2. The summed E-state index contributed by atoms with van der Waals surface area (Å²) in [4.78, 5) is 60.4. The molecule has 1 aromatic carbocycles. The summed E-state index contributed by atoms with van der Waals surface area (Å²) < 4.78 is 6.99. The van der Waals surface area contributed by atoms with Crippen LogP contribution in [0.1, 0.15) is 65.7 Å².